The second-order valence-corrected chi connectivity index (χ2v) is 7.41. The van der Waals surface area contributed by atoms with Crippen molar-refractivity contribution in [2.45, 2.75) is 6.92 Å². The number of nitrogen functional groups attached to an aromatic ring is 1. The molecule has 0 aromatic heterocycles. The van der Waals surface area contributed by atoms with Crippen LogP contribution in [0, 0.1) is 3.57 Å². The van der Waals surface area contributed by atoms with Gasteiger partial charge in [0.25, 0.3) is 5.91 Å². The van der Waals surface area contributed by atoms with Gasteiger partial charge in [-0.3, -0.25) is 4.79 Å². The highest BCUT2D eigenvalue weighted by Crippen LogP contribution is 2.27. The van der Waals surface area contributed by atoms with Gasteiger partial charge < -0.3 is 20.9 Å². The van der Waals surface area contributed by atoms with Crippen LogP contribution in [0.25, 0.3) is 0 Å². The fraction of sp³-hybridized carbons (Fsp3) is 0.316. The molecule has 132 valence electrons. The Bertz CT molecular complexity index is 757. The first kappa shape index (κ1) is 18.0. The van der Waals surface area contributed by atoms with Gasteiger partial charge in [0, 0.05) is 41.0 Å². The first-order valence-corrected chi connectivity index (χ1v) is 9.58. The lowest BCUT2D eigenvalue weighted by Crippen LogP contribution is -2.46. The fourth-order valence-electron chi connectivity index (χ4n) is 3.06. The zero-order valence-corrected chi connectivity index (χ0v) is 16.5. The van der Waals surface area contributed by atoms with Gasteiger partial charge in [-0.1, -0.05) is 13.0 Å². The van der Waals surface area contributed by atoms with Crippen molar-refractivity contribution in [1.82, 2.24) is 4.90 Å². The van der Waals surface area contributed by atoms with Crippen LogP contribution in [0.5, 0.6) is 0 Å². The Morgan fingerprint density at radius 3 is 2.56 bits per heavy atom. The van der Waals surface area contributed by atoms with Gasteiger partial charge in [0.15, 0.2) is 0 Å². The molecule has 5 nitrogen and oxygen atoms in total. The summed E-state index contributed by atoms with van der Waals surface area (Å²) in [6.45, 7) is 7.35. The molecule has 1 saturated heterocycles. The average molecular weight is 450 g/mol. The second-order valence-electron chi connectivity index (χ2n) is 6.16. The molecule has 0 unspecified atom stereocenters. The highest BCUT2D eigenvalue weighted by Gasteiger charge is 2.18. The summed E-state index contributed by atoms with van der Waals surface area (Å²) in [5, 5.41) is 2.92. The highest BCUT2D eigenvalue weighted by molar-refractivity contribution is 14.1. The quantitative estimate of drug-likeness (QED) is 0.555. The molecule has 0 radical (unpaired) electrons. The summed E-state index contributed by atoms with van der Waals surface area (Å²) >= 11 is 2.20. The molecule has 0 bridgehead atoms. The van der Waals surface area contributed by atoms with Gasteiger partial charge in [0.2, 0.25) is 0 Å². The predicted octanol–water partition coefficient (Wildman–Crippen LogP) is 3.27. The number of nitrogens with two attached hydrogens (primary N) is 1. The molecule has 0 aliphatic carbocycles. The van der Waals surface area contributed by atoms with E-state index >= 15 is 0 Å². The van der Waals surface area contributed by atoms with Crippen LogP contribution in [0.1, 0.15) is 17.3 Å². The number of amides is 1. The van der Waals surface area contributed by atoms with Crippen LogP contribution in [0.4, 0.5) is 17.1 Å². The number of benzene rings is 2. The Balaban J connectivity index is 1.69. The van der Waals surface area contributed by atoms with Crippen LogP contribution >= 0.6 is 22.6 Å². The highest BCUT2D eigenvalue weighted by atomic mass is 127. The monoisotopic (exact) mass is 450 g/mol. The third kappa shape index (κ3) is 4.43. The van der Waals surface area contributed by atoms with Gasteiger partial charge in [-0.05, 0) is 65.5 Å². The molecule has 3 N–H and O–H groups in total. The van der Waals surface area contributed by atoms with Crippen molar-refractivity contribution in [2.24, 2.45) is 0 Å². The number of nitrogens with one attached hydrogen (secondary N) is 1. The molecule has 0 saturated carbocycles. The van der Waals surface area contributed by atoms with E-state index in [0.29, 0.717) is 11.3 Å². The van der Waals surface area contributed by atoms with Crippen molar-refractivity contribution in [3.63, 3.8) is 0 Å². The summed E-state index contributed by atoms with van der Waals surface area (Å²) in [7, 11) is 0. The van der Waals surface area contributed by atoms with Gasteiger partial charge in [-0.25, -0.2) is 0 Å². The van der Waals surface area contributed by atoms with Crippen LogP contribution in [0.2, 0.25) is 0 Å². The molecule has 0 atom stereocenters. The van der Waals surface area contributed by atoms with Gasteiger partial charge >= 0.3 is 0 Å². The number of anilines is 3. The van der Waals surface area contributed by atoms with E-state index in [4.69, 9.17) is 5.73 Å². The Hall–Kier alpha value is -1.80. The molecule has 1 aliphatic rings. The molecule has 2 aromatic carbocycles. The summed E-state index contributed by atoms with van der Waals surface area (Å²) in [6.07, 6.45) is 0. The Kier molecular flexibility index (Phi) is 5.80. The molecule has 1 amide bonds. The molecule has 3 rings (SSSR count). The van der Waals surface area contributed by atoms with Crippen LogP contribution in [-0.2, 0) is 0 Å². The number of halogens is 1. The lowest BCUT2D eigenvalue weighted by Gasteiger charge is -2.36. The lowest BCUT2D eigenvalue weighted by molar-refractivity contribution is 0.102. The van der Waals surface area contributed by atoms with Gasteiger partial charge in [-0.2, -0.15) is 0 Å². The maximum atomic E-state index is 12.4. The summed E-state index contributed by atoms with van der Waals surface area (Å²) < 4.78 is 1.03. The fourth-order valence-corrected chi connectivity index (χ4v) is 3.60. The van der Waals surface area contributed by atoms with Crippen molar-refractivity contribution < 1.29 is 4.79 Å². The zero-order valence-electron chi connectivity index (χ0n) is 14.3. The van der Waals surface area contributed by atoms with Crippen LogP contribution in [-0.4, -0.2) is 43.5 Å². The minimum absolute atomic E-state index is 0.123. The first-order valence-electron chi connectivity index (χ1n) is 8.50. The Labute approximate surface area is 162 Å². The zero-order chi connectivity index (χ0) is 17.8. The van der Waals surface area contributed by atoms with Crippen LogP contribution < -0.4 is 16.0 Å². The number of piperazine rings is 1. The average Bonchev–Trinajstić information content (AvgIpc) is 2.62. The van der Waals surface area contributed by atoms with E-state index in [2.05, 4.69) is 44.6 Å². The van der Waals surface area contributed by atoms with Crippen molar-refractivity contribution in [3.05, 3.63) is 51.6 Å². The summed E-state index contributed by atoms with van der Waals surface area (Å²) in [6, 6.07) is 13.3. The standard InChI is InChI=1S/C19H23IN4O/c1-2-23-8-10-24(11-9-23)18-7-6-16(13-17(18)21)22-19(25)14-4-3-5-15(20)12-14/h3-7,12-13H,2,8-11,21H2,1H3,(H,22,25). The van der Waals surface area contributed by atoms with E-state index in [-0.39, 0.29) is 5.91 Å². The van der Waals surface area contributed by atoms with Crippen molar-refractivity contribution >= 4 is 45.6 Å². The molecule has 1 aliphatic heterocycles. The van der Waals surface area contributed by atoms with Gasteiger partial charge in [0.1, 0.15) is 0 Å². The predicted molar refractivity (Wildman–Crippen MR) is 112 cm³/mol. The molecular formula is C19H23IN4O. The van der Waals surface area contributed by atoms with E-state index < -0.39 is 0 Å². The molecule has 2 aromatic rings. The van der Waals surface area contributed by atoms with Crippen LogP contribution in [0.15, 0.2) is 42.5 Å². The lowest BCUT2D eigenvalue weighted by atomic mass is 10.1. The summed E-state index contributed by atoms with van der Waals surface area (Å²) in [5.41, 5.74) is 9.36. The topological polar surface area (TPSA) is 61.6 Å². The Morgan fingerprint density at radius 2 is 1.92 bits per heavy atom. The molecule has 25 heavy (non-hydrogen) atoms. The van der Waals surface area contributed by atoms with Gasteiger partial charge in [-0.15, -0.1) is 0 Å². The number of hydrogen-bond donors (Lipinski definition) is 2. The summed E-state index contributed by atoms with van der Waals surface area (Å²) in [4.78, 5) is 17.1. The maximum Gasteiger partial charge on any atom is 0.255 e. The number of likely N-dealkylation sites (N-methyl/N-ethyl adjacent to an activating group) is 1. The molecular weight excluding hydrogens is 427 g/mol. The number of carbonyl (C=O) groups excluding carboxylic acids is 1. The molecule has 1 fully saturated rings. The first-order chi connectivity index (χ1) is 12.1. The van der Waals surface area contributed by atoms with Crippen molar-refractivity contribution in [3.8, 4) is 0 Å². The molecule has 0 spiro atoms. The normalized spacial score (nSPS) is 15.2. The minimum Gasteiger partial charge on any atom is -0.397 e. The number of rotatable bonds is 4. The van der Waals surface area contributed by atoms with E-state index in [0.717, 1.165) is 47.7 Å². The maximum absolute atomic E-state index is 12.4. The largest absolute Gasteiger partial charge is 0.397 e. The second kappa shape index (κ2) is 8.05. The van der Waals surface area contributed by atoms with Crippen LogP contribution in [0.3, 0.4) is 0 Å². The minimum atomic E-state index is -0.123. The third-order valence-corrected chi connectivity index (χ3v) is 5.20. The molecule has 6 heteroatoms. The van der Waals surface area contributed by atoms with E-state index in [9.17, 15) is 4.79 Å². The van der Waals surface area contributed by atoms with E-state index in [1.54, 1.807) is 0 Å². The number of hydrogen-bond acceptors (Lipinski definition) is 4. The Morgan fingerprint density at radius 1 is 1.16 bits per heavy atom. The number of carbonyl (C=O) groups is 1. The SMILES string of the molecule is CCN1CCN(c2ccc(NC(=O)c3cccc(I)c3)cc2N)CC1. The van der Waals surface area contributed by atoms with Crippen molar-refractivity contribution in [2.75, 3.05) is 48.7 Å². The molecule has 1 heterocycles. The van der Waals surface area contributed by atoms with Crippen molar-refractivity contribution in [1.29, 1.82) is 0 Å². The van der Waals surface area contributed by atoms with Gasteiger partial charge in [0.05, 0.1) is 11.4 Å². The number of nitrogens with zero attached hydrogens (tertiary/aromatic N) is 2. The van der Waals surface area contributed by atoms with E-state index in [1.807, 2.05) is 42.5 Å². The van der Waals surface area contributed by atoms with E-state index in [1.165, 1.54) is 0 Å². The smallest absolute Gasteiger partial charge is 0.255 e. The third-order valence-electron chi connectivity index (χ3n) is 4.53. The summed E-state index contributed by atoms with van der Waals surface area (Å²) in [5.74, 6) is -0.123.